The number of hydrogen-bond donors (Lipinski definition) is 1. The molecule has 1 aliphatic rings. The number of aromatic nitrogens is 4. The van der Waals surface area contributed by atoms with E-state index >= 15 is 0 Å². The molecule has 4 rings (SSSR count). The van der Waals surface area contributed by atoms with Crippen LogP contribution in [0.25, 0.3) is 11.4 Å². The van der Waals surface area contributed by atoms with Gasteiger partial charge in [0.15, 0.2) is 5.82 Å². The number of anilines is 3. The molecule has 7 nitrogen and oxygen atoms in total. The quantitative estimate of drug-likeness (QED) is 0.715. The molecule has 0 aliphatic carbocycles. The molecule has 0 aromatic carbocycles. The third-order valence-electron chi connectivity index (χ3n) is 4.25. The Bertz CT molecular complexity index is 850. The third-order valence-corrected chi connectivity index (χ3v) is 4.93. The van der Waals surface area contributed by atoms with Crippen LogP contribution in [-0.2, 0) is 4.74 Å². The minimum absolute atomic E-state index is 0.282. The van der Waals surface area contributed by atoms with E-state index in [1.54, 1.807) is 17.5 Å². The van der Waals surface area contributed by atoms with Crippen LogP contribution in [0.1, 0.15) is 12.8 Å². The molecule has 4 heterocycles. The lowest BCUT2D eigenvalue weighted by Gasteiger charge is -2.22. The van der Waals surface area contributed by atoms with E-state index in [1.807, 2.05) is 36.0 Å². The van der Waals surface area contributed by atoms with E-state index < -0.39 is 0 Å². The van der Waals surface area contributed by atoms with Crippen molar-refractivity contribution in [2.45, 2.75) is 18.9 Å². The number of rotatable bonds is 6. The van der Waals surface area contributed by atoms with Gasteiger partial charge in [-0.1, -0.05) is 0 Å². The maximum atomic E-state index is 5.72. The first-order valence-corrected chi connectivity index (χ1v) is 9.49. The maximum Gasteiger partial charge on any atom is 0.230 e. The summed E-state index contributed by atoms with van der Waals surface area (Å²) in [4.78, 5) is 19.6. The van der Waals surface area contributed by atoms with Gasteiger partial charge in [-0.3, -0.25) is 0 Å². The topological polar surface area (TPSA) is 76.1 Å². The average Bonchev–Trinajstić information content (AvgIpc) is 3.36. The van der Waals surface area contributed by atoms with Crippen LogP contribution in [-0.4, -0.2) is 46.2 Å². The molecular formula is C18H20N6OS. The summed E-state index contributed by atoms with van der Waals surface area (Å²) in [5.41, 5.74) is 1.88. The summed E-state index contributed by atoms with van der Waals surface area (Å²) in [5.74, 6) is 2.03. The Labute approximate surface area is 156 Å². The van der Waals surface area contributed by atoms with Crippen molar-refractivity contribution >= 4 is 28.8 Å². The molecule has 3 aromatic rings. The number of ether oxygens (including phenoxy) is 1. The first kappa shape index (κ1) is 16.9. The van der Waals surface area contributed by atoms with Crippen molar-refractivity contribution in [2.24, 2.45) is 0 Å². The van der Waals surface area contributed by atoms with Gasteiger partial charge >= 0.3 is 0 Å². The molecule has 8 heteroatoms. The maximum absolute atomic E-state index is 5.72. The molecule has 1 saturated heterocycles. The summed E-state index contributed by atoms with van der Waals surface area (Å²) < 4.78 is 5.72. The Hall–Kier alpha value is -2.58. The van der Waals surface area contributed by atoms with Crippen molar-refractivity contribution in [2.75, 3.05) is 30.4 Å². The van der Waals surface area contributed by atoms with Gasteiger partial charge in [0.25, 0.3) is 0 Å². The van der Waals surface area contributed by atoms with Gasteiger partial charge in [-0.2, -0.15) is 16.3 Å². The minimum Gasteiger partial charge on any atom is -0.376 e. The molecule has 0 radical (unpaired) electrons. The largest absolute Gasteiger partial charge is 0.376 e. The molecular weight excluding hydrogens is 348 g/mol. The monoisotopic (exact) mass is 368 g/mol. The molecule has 134 valence electrons. The van der Waals surface area contributed by atoms with Crippen LogP contribution < -0.4 is 10.2 Å². The molecule has 0 saturated carbocycles. The normalized spacial score (nSPS) is 16.6. The number of hydrogen-bond acceptors (Lipinski definition) is 8. The zero-order valence-corrected chi connectivity index (χ0v) is 15.3. The second-order valence-corrected chi connectivity index (χ2v) is 6.97. The predicted molar refractivity (Wildman–Crippen MR) is 103 cm³/mol. The lowest BCUT2D eigenvalue weighted by atomic mass is 10.2. The summed E-state index contributed by atoms with van der Waals surface area (Å²) in [6.07, 6.45) is 5.83. The van der Waals surface area contributed by atoms with Crippen LogP contribution in [0.3, 0.4) is 0 Å². The van der Waals surface area contributed by atoms with Crippen LogP contribution >= 0.6 is 11.3 Å². The van der Waals surface area contributed by atoms with Crippen LogP contribution in [0, 0.1) is 0 Å². The van der Waals surface area contributed by atoms with E-state index in [0.717, 1.165) is 43.1 Å². The van der Waals surface area contributed by atoms with Crippen LogP contribution in [0.5, 0.6) is 0 Å². The van der Waals surface area contributed by atoms with Gasteiger partial charge in [-0.25, -0.2) is 15.0 Å². The second kappa shape index (κ2) is 7.76. The van der Waals surface area contributed by atoms with Crippen LogP contribution in [0.2, 0.25) is 0 Å². The van der Waals surface area contributed by atoms with E-state index in [9.17, 15) is 0 Å². The zero-order chi connectivity index (χ0) is 17.8. The van der Waals surface area contributed by atoms with Gasteiger partial charge in [0.05, 0.1) is 11.8 Å². The summed E-state index contributed by atoms with van der Waals surface area (Å²) >= 11 is 1.62. The lowest BCUT2D eigenvalue weighted by Crippen LogP contribution is -2.29. The van der Waals surface area contributed by atoms with E-state index in [4.69, 9.17) is 4.74 Å². The van der Waals surface area contributed by atoms with Crippen molar-refractivity contribution < 1.29 is 4.74 Å². The molecule has 3 aromatic heterocycles. The van der Waals surface area contributed by atoms with Crippen LogP contribution in [0.15, 0.2) is 41.5 Å². The van der Waals surface area contributed by atoms with Gasteiger partial charge in [0, 0.05) is 37.3 Å². The fraction of sp³-hybridized carbons (Fsp3) is 0.333. The van der Waals surface area contributed by atoms with Crippen molar-refractivity contribution in [3.8, 4) is 11.4 Å². The fourth-order valence-corrected chi connectivity index (χ4v) is 3.50. The summed E-state index contributed by atoms with van der Waals surface area (Å²) in [5, 5.41) is 7.20. The molecule has 0 amide bonds. The predicted octanol–water partition coefficient (Wildman–Crippen LogP) is 3.35. The zero-order valence-electron chi connectivity index (χ0n) is 14.5. The Balaban J connectivity index is 1.52. The Morgan fingerprint density at radius 3 is 3.08 bits per heavy atom. The number of likely N-dealkylation sites (N-methyl/N-ethyl adjacent to an activating group) is 1. The third kappa shape index (κ3) is 3.97. The van der Waals surface area contributed by atoms with E-state index in [2.05, 4.69) is 30.2 Å². The highest BCUT2D eigenvalue weighted by Crippen LogP contribution is 2.22. The van der Waals surface area contributed by atoms with E-state index in [1.165, 1.54) is 6.33 Å². The minimum atomic E-state index is 0.282. The second-order valence-electron chi connectivity index (χ2n) is 6.19. The molecule has 1 N–H and O–H groups in total. The van der Waals surface area contributed by atoms with Gasteiger partial charge in [-0.05, 0) is 36.4 Å². The summed E-state index contributed by atoms with van der Waals surface area (Å²) in [6, 6.07) is 5.89. The first-order valence-electron chi connectivity index (χ1n) is 8.55. The molecule has 1 unspecified atom stereocenters. The van der Waals surface area contributed by atoms with E-state index in [0.29, 0.717) is 11.8 Å². The first-order chi connectivity index (χ1) is 12.8. The molecule has 0 spiro atoms. The number of thiophene rings is 1. The molecule has 1 aliphatic heterocycles. The highest BCUT2D eigenvalue weighted by atomic mass is 32.1. The smallest absolute Gasteiger partial charge is 0.230 e. The standard InChI is InChI=1S/C18H20N6OS/c1-24(10-15-3-2-7-25-15)16-9-13(4-6-19-16)17-20-12-21-18(23-17)22-14-5-8-26-11-14/h4-6,8-9,11-12,15H,2-3,7,10H2,1H3,(H,20,21,22,23). The van der Waals surface area contributed by atoms with Gasteiger partial charge in [0.2, 0.25) is 5.95 Å². The molecule has 1 fully saturated rings. The van der Waals surface area contributed by atoms with Gasteiger partial charge in [0.1, 0.15) is 12.1 Å². The molecule has 26 heavy (non-hydrogen) atoms. The van der Waals surface area contributed by atoms with Gasteiger partial charge in [-0.15, -0.1) is 0 Å². The Morgan fingerprint density at radius 2 is 2.27 bits per heavy atom. The Morgan fingerprint density at radius 1 is 1.31 bits per heavy atom. The van der Waals surface area contributed by atoms with Crippen LogP contribution in [0.4, 0.5) is 17.5 Å². The van der Waals surface area contributed by atoms with E-state index in [-0.39, 0.29) is 6.10 Å². The fourth-order valence-electron chi connectivity index (χ4n) is 2.91. The average molecular weight is 368 g/mol. The number of nitrogens with one attached hydrogen (secondary N) is 1. The van der Waals surface area contributed by atoms with Gasteiger partial charge < -0.3 is 15.0 Å². The molecule has 0 bridgehead atoms. The SMILES string of the molecule is CN(CC1CCCO1)c1cc(-c2ncnc(Nc3ccsc3)n2)ccn1. The number of pyridine rings is 1. The molecule has 1 atom stereocenters. The highest BCUT2D eigenvalue weighted by molar-refractivity contribution is 7.08. The number of nitrogens with zero attached hydrogens (tertiary/aromatic N) is 5. The highest BCUT2D eigenvalue weighted by Gasteiger charge is 2.18. The van der Waals surface area contributed by atoms with Crippen molar-refractivity contribution in [1.29, 1.82) is 0 Å². The van der Waals surface area contributed by atoms with Crippen molar-refractivity contribution in [3.05, 3.63) is 41.5 Å². The Kier molecular flexibility index (Phi) is 5.03. The summed E-state index contributed by atoms with van der Waals surface area (Å²) in [6.45, 7) is 1.69. The lowest BCUT2D eigenvalue weighted by molar-refractivity contribution is 0.116. The summed E-state index contributed by atoms with van der Waals surface area (Å²) in [7, 11) is 2.03. The van der Waals surface area contributed by atoms with Crippen molar-refractivity contribution in [3.63, 3.8) is 0 Å². The van der Waals surface area contributed by atoms with Crippen molar-refractivity contribution in [1.82, 2.24) is 19.9 Å².